The van der Waals surface area contributed by atoms with Crippen LogP contribution in [0, 0.1) is 0 Å². The first kappa shape index (κ1) is 22.2. The van der Waals surface area contributed by atoms with Gasteiger partial charge in [-0.25, -0.2) is 0 Å². The molecule has 0 aliphatic carbocycles. The second-order valence-electron chi connectivity index (χ2n) is 6.39. The van der Waals surface area contributed by atoms with E-state index in [1.165, 1.54) is 34.9 Å². The lowest BCUT2D eigenvalue weighted by Crippen LogP contribution is -2.33. The second-order valence-corrected chi connectivity index (χ2v) is 10.0. The molecular formula is C22H24BF4P. The average Bonchev–Trinajstić information content (AvgIpc) is 2.70. The molecule has 0 aliphatic heterocycles. The summed E-state index contributed by atoms with van der Waals surface area (Å²) in [6.07, 6.45) is 3.72. The van der Waals surface area contributed by atoms with Crippen molar-refractivity contribution in [2.24, 2.45) is 0 Å². The Balaban J connectivity index is 0.000000500. The summed E-state index contributed by atoms with van der Waals surface area (Å²) in [5.74, 6) is 0. The maximum Gasteiger partial charge on any atom is 0.673 e. The van der Waals surface area contributed by atoms with Crippen LogP contribution in [0.15, 0.2) is 91.0 Å². The van der Waals surface area contributed by atoms with Crippen molar-refractivity contribution in [2.75, 3.05) is 6.16 Å². The first-order chi connectivity index (χ1) is 13.4. The Morgan fingerprint density at radius 3 is 1.14 bits per heavy atom. The SMILES string of the molecule is CCCC[P+](c1ccccc1)(c1ccccc1)c1ccccc1.F[B-](F)(F)F. The predicted octanol–water partition coefficient (Wildman–Crippen LogP) is 6.08. The Bertz CT molecular complexity index is 706. The van der Waals surface area contributed by atoms with Crippen LogP contribution in [-0.2, 0) is 0 Å². The number of hydrogen-bond acceptors (Lipinski definition) is 0. The molecule has 0 saturated heterocycles. The predicted molar refractivity (Wildman–Crippen MR) is 115 cm³/mol. The molecule has 28 heavy (non-hydrogen) atoms. The van der Waals surface area contributed by atoms with Gasteiger partial charge in [0, 0.05) is 0 Å². The Morgan fingerprint density at radius 1 is 0.607 bits per heavy atom. The summed E-state index contributed by atoms with van der Waals surface area (Å²) in [4.78, 5) is 0. The van der Waals surface area contributed by atoms with E-state index in [4.69, 9.17) is 0 Å². The maximum atomic E-state index is 9.75. The van der Waals surface area contributed by atoms with Crippen LogP contribution >= 0.6 is 7.26 Å². The molecule has 3 aromatic rings. The number of rotatable bonds is 6. The van der Waals surface area contributed by atoms with Gasteiger partial charge in [-0.15, -0.1) is 0 Å². The normalized spacial score (nSPS) is 11.5. The Hall–Kier alpha value is -2.13. The zero-order valence-electron chi connectivity index (χ0n) is 15.8. The van der Waals surface area contributed by atoms with E-state index >= 15 is 0 Å². The highest BCUT2D eigenvalue weighted by atomic mass is 31.2. The van der Waals surface area contributed by atoms with Crippen LogP contribution in [-0.4, -0.2) is 13.4 Å². The monoisotopic (exact) mass is 406 g/mol. The molecule has 0 N–H and O–H groups in total. The lowest BCUT2D eigenvalue weighted by Gasteiger charge is -2.27. The second kappa shape index (κ2) is 10.4. The minimum Gasteiger partial charge on any atom is -0.418 e. The average molecular weight is 406 g/mol. The van der Waals surface area contributed by atoms with E-state index in [0.717, 1.165) is 0 Å². The van der Waals surface area contributed by atoms with Gasteiger partial charge >= 0.3 is 7.25 Å². The third kappa shape index (κ3) is 6.20. The fraction of sp³-hybridized carbons (Fsp3) is 0.182. The summed E-state index contributed by atoms with van der Waals surface area (Å²) in [7, 11) is -7.57. The molecule has 3 aromatic carbocycles. The molecule has 0 amide bonds. The minimum atomic E-state index is -6.00. The standard InChI is InChI=1S/C22H24P.BF4/c1-2-3-19-23(20-13-7-4-8-14-20,21-15-9-5-10-16-21)22-17-11-6-12-18-22;2-1(3,4)5/h4-18H,2-3,19H2,1H3;/q+1;-1. The van der Waals surface area contributed by atoms with Gasteiger partial charge in [-0.3, -0.25) is 0 Å². The highest BCUT2D eigenvalue weighted by molar-refractivity contribution is 7.95. The zero-order chi connectivity index (χ0) is 20.5. The molecule has 0 unspecified atom stereocenters. The highest BCUT2D eigenvalue weighted by Crippen LogP contribution is 2.55. The van der Waals surface area contributed by atoms with Crippen LogP contribution in [0.1, 0.15) is 19.8 Å². The molecule has 3 rings (SSSR count). The largest absolute Gasteiger partial charge is 0.673 e. The number of benzene rings is 3. The van der Waals surface area contributed by atoms with E-state index < -0.39 is 14.5 Å². The Kier molecular flexibility index (Phi) is 8.26. The van der Waals surface area contributed by atoms with Gasteiger partial charge in [0.15, 0.2) is 0 Å². The van der Waals surface area contributed by atoms with Crippen molar-refractivity contribution < 1.29 is 17.3 Å². The summed E-state index contributed by atoms with van der Waals surface area (Å²) in [5, 5.41) is 4.47. The van der Waals surface area contributed by atoms with Crippen molar-refractivity contribution in [1.29, 1.82) is 0 Å². The van der Waals surface area contributed by atoms with Gasteiger partial charge in [0.25, 0.3) is 0 Å². The quantitative estimate of drug-likeness (QED) is 0.264. The van der Waals surface area contributed by atoms with Crippen LogP contribution < -0.4 is 15.9 Å². The van der Waals surface area contributed by atoms with Crippen LogP contribution in [0.4, 0.5) is 17.3 Å². The summed E-state index contributed by atoms with van der Waals surface area (Å²) < 4.78 is 39.0. The molecule has 0 heterocycles. The summed E-state index contributed by atoms with van der Waals surface area (Å²) in [6, 6.07) is 33.4. The van der Waals surface area contributed by atoms with Crippen LogP contribution in [0.5, 0.6) is 0 Å². The van der Waals surface area contributed by atoms with Gasteiger partial charge in [0.2, 0.25) is 0 Å². The number of hydrogen-bond donors (Lipinski definition) is 0. The van der Waals surface area contributed by atoms with Crippen LogP contribution in [0.25, 0.3) is 0 Å². The zero-order valence-corrected chi connectivity index (χ0v) is 16.7. The summed E-state index contributed by atoms with van der Waals surface area (Å²) >= 11 is 0. The first-order valence-electron chi connectivity index (χ1n) is 9.30. The van der Waals surface area contributed by atoms with Gasteiger partial charge in [-0.05, 0) is 42.8 Å². The van der Waals surface area contributed by atoms with E-state index in [2.05, 4.69) is 97.9 Å². The molecule has 0 atom stereocenters. The van der Waals surface area contributed by atoms with Gasteiger partial charge in [-0.1, -0.05) is 67.9 Å². The molecule has 0 fully saturated rings. The molecule has 0 spiro atoms. The van der Waals surface area contributed by atoms with E-state index in [1.54, 1.807) is 0 Å². The summed E-state index contributed by atoms with van der Waals surface area (Å²) in [5.41, 5.74) is 0. The van der Waals surface area contributed by atoms with E-state index in [9.17, 15) is 17.3 Å². The number of halogens is 4. The topological polar surface area (TPSA) is 0 Å². The molecule has 6 heteroatoms. The van der Waals surface area contributed by atoms with E-state index in [0.29, 0.717) is 0 Å². The van der Waals surface area contributed by atoms with Gasteiger partial charge < -0.3 is 17.3 Å². The van der Waals surface area contributed by atoms with Crippen molar-refractivity contribution in [2.45, 2.75) is 19.8 Å². The van der Waals surface area contributed by atoms with Crippen LogP contribution in [0.2, 0.25) is 0 Å². The Morgan fingerprint density at radius 2 is 0.893 bits per heavy atom. The van der Waals surface area contributed by atoms with Crippen molar-refractivity contribution >= 4 is 30.4 Å². The van der Waals surface area contributed by atoms with Crippen molar-refractivity contribution in [3.05, 3.63) is 91.0 Å². The minimum absolute atomic E-state index is 1.23. The van der Waals surface area contributed by atoms with Crippen molar-refractivity contribution in [1.82, 2.24) is 0 Å². The lowest BCUT2D eigenvalue weighted by molar-refractivity contribution is 0.368. The lowest BCUT2D eigenvalue weighted by atomic mass is 10.3. The smallest absolute Gasteiger partial charge is 0.418 e. The highest BCUT2D eigenvalue weighted by Gasteiger charge is 2.44. The summed E-state index contributed by atoms with van der Waals surface area (Å²) in [6.45, 7) is 2.29. The molecule has 148 valence electrons. The molecule has 0 radical (unpaired) electrons. The van der Waals surface area contributed by atoms with Gasteiger partial charge in [0.1, 0.15) is 23.2 Å². The maximum absolute atomic E-state index is 9.75. The van der Waals surface area contributed by atoms with E-state index in [-0.39, 0.29) is 0 Å². The van der Waals surface area contributed by atoms with Gasteiger partial charge in [0.05, 0.1) is 6.16 Å². The Labute approximate surface area is 165 Å². The molecule has 0 bridgehead atoms. The van der Waals surface area contributed by atoms with Crippen molar-refractivity contribution in [3.63, 3.8) is 0 Å². The van der Waals surface area contributed by atoms with Crippen molar-refractivity contribution in [3.8, 4) is 0 Å². The fourth-order valence-corrected chi connectivity index (χ4v) is 7.78. The molecule has 0 nitrogen and oxygen atoms in total. The molecule has 0 aromatic heterocycles. The fourth-order valence-electron chi connectivity index (χ4n) is 3.28. The first-order valence-corrected chi connectivity index (χ1v) is 11.3. The molecule has 0 saturated carbocycles. The number of unbranched alkanes of at least 4 members (excludes halogenated alkanes) is 1. The van der Waals surface area contributed by atoms with E-state index in [1.807, 2.05) is 0 Å². The third-order valence-electron chi connectivity index (χ3n) is 4.44. The third-order valence-corrected chi connectivity index (χ3v) is 8.96. The van der Waals surface area contributed by atoms with Crippen LogP contribution in [0.3, 0.4) is 0 Å². The van der Waals surface area contributed by atoms with Gasteiger partial charge in [-0.2, -0.15) is 0 Å². The molecule has 0 aliphatic rings. The molecular weight excluding hydrogens is 382 g/mol.